The molecule has 1 aromatic heterocycles. The van der Waals surface area contributed by atoms with Gasteiger partial charge in [0, 0.05) is 11.8 Å². The number of nitro benzene ring substituents is 1. The van der Waals surface area contributed by atoms with Crippen molar-refractivity contribution >= 4 is 28.9 Å². The molecular weight excluding hydrogens is 350 g/mol. The number of rotatable bonds is 5. The maximum absolute atomic E-state index is 12.5. The molecule has 0 atom stereocenters. The number of benzene rings is 2. The number of hydrogen-bond acceptors (Lipinski definition) is 5. The predicted octanol–water partition coefficient (Wildman–Crippen LogP) is 3.13. The van der Waals surface area contributed by atoms with Crippen molar-refractivity contribution in [2.45, 2.75) is 6.92 Å². The number of carbonyl (C=O) groups is 2. The summed E-state index contributed by atoms with van der Waals surface area (Å²) in [5, 5.41) is 16.2. The Morgan fingerprint density at radius 2 is 1.63 bits per heavy atom. The summed E-state index contributed by atoms with van der Waals surface area (Å²) in [6.07, 6.45) is 1.21. The van der Waals surface area contributed by atoms with Gasteiger partial charge in [0.05, 0.1) is 11.3 Å². The van der Waals surface area contributed by atoms with Crippen molar-refractivity contribution in [1.82, 2.24) is 9.97 Å². The maximum Gasteiger partial charge on any atom is 0.292 e. The van der Waals surface area contributed by atoms with E-state index in [0.717, 1.165) is 5.56 Å². The van der Waals surface area contributed by atoms with Crippen molar-refractivity contribution in [3.63, 3.8) is 0 Å². The van der Waals surface area contributed by atoms with E-state index in [1.54, 1.807) is 18.2 Å². The molecule has 0 aliphatic carbocycles. The SMILES string of the molecule is Cc1ccccc1NC(=O)c1nc[nH]c1C(=O)Nc1ccccc1[N+](=O)[O-]. The summed E-state index contributed by atoms with van der Waals surface area (Å²) in [6.45, 7) is 1.84. The molecule has 136 valence electrons. The number of H-pyrrole nitrogens is 1. The summed E-state index contributed by atoms with van der Waals surface area (Å²) in [5.74, 6) is -1.28. The topological polar surface area (TPSA) is 130 Å². The zero-order chi connectivity index (χ0) is 19.4. The first kappa shape index (κ1) is 17.8. The van der Waals surface area contributed by atoms with Gasteiger partial charge in [-0.2, -0.15) is 0 Å². The lowest BCUT2D eigenvalue weighted by atomic mass is 10.2. The van der Waals surface area contributed by atoms with E-state index < -0.39 is 16.7 Å². The molecule has 27 heavy (non-hydrogen) atoms. The molecule has 2 aromatic carbocycles. The van der Waals surface area contributed by atoms with E-state index in [-0.39, 0.29) is 22.8 Å². The second kappa shape index (κ2) is 7.48. The van der Waals surface area contributed by atoms with E-state index in [2.05, 4.69) is 20.6 Å². The van der Waals surface area contributed by atoms with Crippen LogP contribution in [0.15, 0.2) is 54.9 Å². The smallest absolute Gasteiger partial charge is 0.292 e. The summed E-state index contributed by atoms with van der Waals surface area (Å²) < 4.78 is 0. The Labute approximate surface area is 153 Å². The second-order valence-corrected chi connectivity index (χ2v) is 5.62. The minimum absolute atomic E-state index is 0.0207. The fourth-order valence-electron chi connectivity index (χ4n) is 2.46. The number of anilines is 2. The van der Waals surface area contributed by atoms with Gasteiger partial charge in [-0.05, 0) is 24.6 Å². The van der Waals surface area contributed by atoms with Gasteiger partial charge < -0.3 is 15.6 Å². The second-order valence-electron chi connectivity index (χ2n) is 5.62. The minimum Gasteiger partial charge on any atom is -0.340 e. The van der Waals surface area contributed by atoms with Crippen LogP contribution in [0.4, 0.5) is 17.1 Å². The Morgan fingerprint density at radius 1 is 1.00 bits per heavy atom. The number of carbonyl (C=O) groups excluding carboxylic acids is 2. The zero-order valence-electron chi connectivity index (χ0n) is 14.2. The lowest BCUT2D eigenvalue weighted by Crippen LogP contribution is -2.21. The first-order chi connectivity index (χ1) is 13.0. The van der Waals surface area contributed by atoms with Crippen LogP contribution in [0.5, 0.6) is 0 Å². The van der Waals surface area contributed by atoms with Crippen molar-refractivity contribution in [3.8, 4) is 0 Å². The molecule has 0 aliphatic rings. The van der Waals surface area contributed by atoms with E-state index in [9.17, 15) is 19.7 Å². The molecule has 0 bridgehead atoms. The highest BCUT2D eigenvalue weighted by Crippen LogP contribution is 2.24. The van der Waals surface area contributed by atoms with Crippen LogP contribution in [0.3, 0.4) is 0 Å². The number of aryl methyl sites for hydroxylation is 1. The van der Waals surface area contributed by atoms with Gasteiger partial charge in [0.25, 0.3) is 17.5 Å². The van der Waals surface area contributed by atoms with Crippen LogP contribution in [-0.2, 0) is 0 Å². The molecule has 1 heterocycles. The number of nitrogens with one attached hydrogen (secondary N) is 3. The number of para-hydroxylation sites is 3. The molecule has 3 rings (SSSR count). The molecule has 9 heteroatoms. The zero-order valence-corrected chi connectivity index (χ0v) is 14.2. The number of hydrogen-bond donors (Lipinski definition) is 3. The average molecular weight is 365 g/mol. The van der Waals surface area contributed by atoms with Crippen LogP contribution in [0.2, 0.25) is 0 Å². The molecule has 0 saturated carbocycles. The molecule has 2 amide bonds. The number of amides is 2. The highest BCUT2D eigenvalue weighted by Gasteiger charge is 2.23. The fraction of sp³-hybridized carbons (Fsp3) is 0.0556. The largest absolute Gasteiger partial charge is 0.340 e. The Morgan fingerprint density at radius 3 is 2.33 bits per heavy atom. The van der Waals surface area contributed by atoms with Crippen LogP contribution in [0, 0.1) is 17.0 Å². The van der Waals surface area contributed by atoms with E-state index in [0.29, 0.717) is 5.69 Å². The van der Waals surface area contributed by atoms with Gasteiger partial charge in [0.15, 0.2) is 5.69 Å². The van der Waals surface area contributed by atoms with Gasteiger partial charge in [0.2, 0.25) is 0 Å². The van der Waals surface area contributed by atoms with Crippen molar-refractivity contribution < 1.29 is 14.5 Å². The third-order valence-electron chi connectivity index (χ3n) is 3.82. The molecule has 0 radical (unpaired) electrons. The normalized spacial score (nSPS) is 10.3. The fourth-order valence-corrected chi connectivity index (χ4v) is 2.46. The van der Waals surface area contributed by atoms with Gasteiger partial charge in [0.1, 0.15) is 11.4 Å². The van der Waals surface area contributed by atoms with Gasteiger partial charge >= 0.3 is 0 Å². The van der Waals surface area contributed by atoms with Gasteiger partial charge in [-0.25, -0.2) is 4.98 Å². The molecule has 3 N–H and O–H groups in total. The van der Waals surface area contributed by atoms with E-state index in [1.807, 2.05) is 19.1 Å². The van der Waals surface area contributed by atoms with Crippen molar-refractivity contribution in [1.29, 1.82) is 0 Å². The molecule has 0 aliphatic heterocycles. The van der Waals surface area contributed by atoms with Gasteiger partial charge in [-0.1, -0.05) is 30.3 Å². The number of aromatic amines is 1. The van der Waals surface area contributed by atoms with Crippen LogP contribution in [-0.4, -0.2) is 26.7 Å². The number of nitrogens with zero attached hydrogens (tertiary/aromatic N) is 2. The van der Waals surface area contributed by atoms with Crippen LogP contribution in [0.25, 0.3) is 0 Å². The summed E-state index contributed by atoms with van der Waals surface area (Å²) in [6, 6.07) is 12.9. The third kappa shape index (κ3) is 3.82. The number of nitro groups is 1. The standard InChI is InChI=1S/C18H15N5O4/c1-11-6-2-3-7-12(11)21-17(24)15-16(20-10-19-15)18(25)22-13-8-4-5-9-14(13)23(26)27/h2-10H,1H3,(H,19,20)(H,21,24)(H,22,25). The quantitative estimate of drug-likeness (QED) is 0.472. The molecule has 9 nitrogen and oxygen atoms in total. The Balaban J connectivity index is 1.82. The molecule has 0 fully saturated rings. The van der Waals surface area contributed by atoms with E-state index in [1.165, 1.54) is 24.5 Å². The van der Waals surface area contributed by atoms with Gasteiger partial charge in [-0.15, -0.1) is 0 Å². The summed E-state index contributed by atoms with van der Waals surface area (Å²) in [7, 11) is 0. The van der Waals surface area contributed by atoms with Gasteiger partial charge in [-0.3, -0.25) is 19.7 Å². The Hall–Kier alpha value is -4.01. The predicted molar refractivity (Wildman–Crippen MR) is 98.8 cm³/mol. The first-order valence-corrected chi connectivity index (χ1v) is 7.92. The molecular formula is C18H15N5O4. The van der Waals surface area contributed by atoms with E-state index >= 15 is 0 Å². The molecule has 0 saturated heterocycles. The van der Waals surface area contributed by atoms with Crippen LogP contribution < -0.4 is 10.6 Å². The minimum atomic E-state index is -0.711. The summed E-state index contributed by atoms with van der Waals surface area (Å²) in [4.78, 5) is 42.0. The van der Waals surface area contributed by atoms with Crippen LogP contribution >= 0.6 is 0 Å². The maximum atomic E-state index is 12.5. The monoisotopic (exact) mass is 365 g/mol. The third-order valence-corrected chi connectivity index (χ3v) is 3.82. The van der Waals surface area contributed by atoms with Crippen molar-refractivity contribution in [2.24, 2.45) is 0 Å². The highest BCUT2D eigenvalue weighted by molar-refractivity contribution is 6.13. The summed E-state index contributed by atoms with van der Waals surface area (Å²) >= 11 is 0. The van der Waals surface area contributed by atoms with Crippen molar-refractivity contribution in [3.05, 3.63) is 81.9 Å². The molecule has 3 aromatic rings. The van der Waals surface area contributed by atoms with Crippen molar-refractivity contribution in [2.75, 3.05) is 10.6 Å². The van der Waals surface area contributed by atoms with Crippen LogP contribution in [0.1, 0.15) is 26.5 Å². The first-order valence-electron chi connectivity index (χ1n) is 7.92. The average Bonchev–Trinajstić information content (AvgIpc) is 3.14. The molecule has 0 unspecified atom stereocenters. The lowest BCUT2D eigenvalue weighted by Gasteiger charge is -2.08. The molecule has 0 spiro atoms. The number of aromatic nitrogens is 2. The number of imidazole rings is 1. The summed E-state index contributed by atoms with van der Waals surface area (Å²) in [5.41, 5.74) is 1.00. The van der Waals surface area contributed by atoms with E-state index in [4.69, 9.17) is 0 Å². The Bertz CT molecular complexity index is 1030. The Kier molecular flexibility index (Phi) is 4.93. The lowest BCUT2D eigenvalue weighted by molar-refractivity contribution is -0.383. The highest BCUT2D eigenvalue weighted by atomic mass is 16.6.